The minimum atomic E-state index is -2.52. The third-order valence-electron chi connectivity index (χ3n) is 12.5. The molecule has 9 rings (SSSR count). The fourth-order valence-electron chi connectivity index (χ4n) is 9.08. The van der Waals surface area contributed by atoms with Crippen LogP contribution in [0.2, 0.25) is 0 Å². The predicted octanol–water partition coefficient (Wildman–Crippen LogP) is 6.75. The second kappa shape index (κ2) is 12.0. The zero-order chi connectivity index (χ0) is 36.0. The molecule has 0 unspecified atom stereocenters. The van der Waals surface area contributed by atoms with Crippen LogP contribution in [0.1, 0.15) is 56.7 Å². The Morgan fingerprint density at radius 3 is 2.52 bits per heavy atom. The second-order valence-electron chi connectivity index (χ2n) is 15.9. The number of anilines is 1. The molecule has 2 saturated carbocycles. The van der Waals surface area contributed by atoms with E-state index in [9.17, 15) is 8.78 Å². The maximum Gasteiger partial charge on any atom is 0.319 e. The molecule has 11 heteroatoms. The van der Waals surface area contributed by atoms with E-state index in [1.807, 2.05) is 6.07 Å². The summed E-state index contributed by atoms with van der Waals surface area (Å²) in [6.45, 7) is 5.78. The number of piperidine rings is 1. The molecule has 1 N–H and O–H groups in total. The van der Waals surface area contributed by atoms with Crippen molar-refractivity contribution in [1.82, 2.24) is 25.2 Å². The Hall–Kier alpha value is -4.45. The van der Waals surface area contributed by atoms with Gasteiger partial charge >= 0.3 is 6.01 Å². The van der Waals surface area contributed by atoms with Gasteiger partial charge in [-0.25, -0.2) is 22.5 Å². The molecule has 3 atom stereocenters. The van der Waals surface area contributed by atoms with Crippen molar-refractivity contribution in [3.63, 3.8) is 0 Å². The highest BCUT2D eigenvalue weighted by molar-refractivity contribution is 6.02. The molecule has 7 nitrogen and oxygen atoms in total. The monoisotopic (exact) mass is 708 g/mol. The molecule has 1 spiro atoms. The van der Waals surface area contributed by atoms with E-state index in [-0.39, 0.29) is 52.6 Å². The van der Waals surface area contributed by atoms with Gasteiger partial charge in [-0.3, -0.25) is 0 Å². The van der Waals surface area contributed by atoms with E-state index in [0.29, 0.717) is 91.7 Å². The normalized spacial score (nSPS) is 25.3. The van der Waals surface area contributed by atoms with Crippen molar-refractivity contribution < 1.29 is 22.3 Å². The molecule has 52 heavy (non-hydrogen) atoms. The van der Waals surface area contributed by atoms with Crippen molar-refractivity contribution in [1.29, 1.82) is 0 Å². The highest BCUT2D eigenvalue weighted by Crippen LogP contribution is 2.66. The zero-order valence-electron chi connectivity index (χ0n) is 29.1. The maximum atomic E-state index is 17.2. The number of aromatic nitrogens is 3. The minimum Gasteiger partial charge on any atom is -0.463 e. The predicted molar refractivity (Wildman–Crippen MR) is 192 cm³/mol. The SMILES string of the molecule is C#CC[C@@H]1CN2c3nc(OCC4(CN5CCC6(CC5)CC6(F)F)CC4)nc4c(F)c(-c5cccc6ccc(F)c(C#C)c56)nc(c34)C[C@H](C)[C@H]2CN1. The lowest BCUT2D eigenvalue weighted by Gasteiger charge is -2.42. The lowest BCUT2D eigenvalue weighted by molar-refractivity contribution is 0.0252. The number of nitrogens with one attached hydrogen (secondary N) is 1. The molecular weight excluding hydrogens is 668 g/mol. The van der Waals surface area contributed by atoms with Gasteiger partial charge in [0.2, 0.25) is 0 Å². The van der Waals surface area contributed by atoms with Gasteiger partial charge in [-0.1, -0.05) is 37.1 Å². The van der Waals surface area contributed by atoms with Gasteiger partial charge in [0.15, 0.2) is 5.82 Å². The van der Waals surface area contributed by atoms with Gasteiger partial charge < -0.3 is 19.9 Å². The largest absolute Gasteiger partial charge is 0.463 e. The quantitative estimate of drug-likeness (QED) is 0.169. The zero-order valence-corrected chi connectivity index (χ0v) is 29.1. The highest BCUT2D eigenvalue weighted by Gasteiger charge is 2.70. The van der Waals surface area contributed by atoms with E-state index in [1.165, 1.54) is 6.07 Å². The number of benzene rings is 2. The Labute approximate surface area is 300 Å². The van der Waals surface area contributed by atoms with E-state index in [4.69, 9.17) is 32.5 Å². The average molecular weight is 709 g/mol. The Bertz CT molecular complexity index is 2200. The third kappa shape index (κ3) is 5.39. The first-order valence-electron chi connectivity index (χ1n) is 18.3. The Balaban J connectivity index is 1.12. The van der Waals surface area contributed by atoms with Crippen LogP contribution in [0.3, 0.4) is 0 Å². The molecule has 268 valence electrons. The van der Waals surface area contributed by atoms with Crippen LogP contribution >= 0.6 is 0 Å². The van der Waals surface area contributed by atoms with Gasteiger partial charge in [0.05, 0.1) is 23.3 Å². The second-order valence-corrected chi connectivity index (χ2v) is 15.9. The van der Waals surface area contributed by atoms with E-state index >= 15 is 8.78 Å². The highest BCUT2D eigenvalue weighted by atomic mass is 19.3. The van der Waals surface area contributed by atoms with Gasteiger partial charge in [-0.2, -0.15) is 9.97 Å². The number of pyridine rings is 1. The summed E-state index contributed by atoms with van der Waals surface area (Å²) < 4.78 is 66.7. The van der Waals surface area contributed by atoms with Crippen molar-refractivity contribution in [2.75, 3.05) is 44.2 Å². The van der Waals surface area contributed by atoms with Crippen molar-refractivity contribution in [2.24, 2.45) is 16.7 Å². The standard InChI is InChI=1S/C41H40F4N6O/c1-4-7-26-20-51-31(19-46-26)24(3)18-30-33-36(34(43)35(47-30)28-9-6-8-25-10-11-29(42)27(5-2)32(25)28)48-38(49-37(33)51)52-23-39(12-13-39)22-50-16-14-40(15-17-50)21-41(40,44)45/h1-2,6,8-11,24,26,31,46H,7,12-23H2,3H3/t24-,26+,31+/m0/s1. The summed E-state index contributed by atoms with van der Waals surface area (Å²) in [5.74, 6) is 2.16. The molecule has 2 aliphatic carbocycles. The van der Waals surface area contributed by atoms with E-state index in [1.54, 1.807) is 18.2 Å². The topological polar surface area (TPSA) is 66.4 Å². The van der Waals surface area contributed by atoms with Gasteiger partial charge in [0.25, 0.3) is 5.92 Å². The molecule has 0 radical (unpaired) electrons. The van der Waals surface area contributed by atoms with Crippen molar-refractivity contribution in [2.45, 2.75) is 69.9 Å². The number of rotatable bonds is 7. The number of hydrogen-bond acceptors (Lipinski definition) is 7. The lowest BCUT2D eigenvalue weighted by atomic mass is 9.92. The molecule has 0 bridgehead atoms. The number of terminal acetylenes is 2. The summed E-state index contributed by atoms with van der Waals surface area (Å²) >= 11 is 0. The van der Waals surface area contributed by atoms with Crippen LogP contribution in [0.15, 0.2) is 30.3 Å². The first kappa shape index (κ1) is 33.4. The summed E-state index contributed by atoms with van der Waals surface area (Å²) in [7, 11) is 0. The van der Waals surface area contributed by atoms with Crippen molar-refractivity contribution in [3.05, 3.63) is 53.2 Å². The van der Waals surface area contributed by atoms with Gasteiger partial charge in [-0.15, -0.1) is 18.8 Å². The van der Waals surface area contributed by atoms with Crippen LogP contribution < -0.4 is 15.0 Å². The van der Waals surface area contributed by atoms with Crippen LogP contribution in [0, 0.1) is 53.1 Å². The number of hydrogen-bond donors (Lipinski definition) is 1. The molecule has 2 saturated heterocycles. The fraction of sp³-hybridized carbons (Fsp3) is 0.488. The summed E-state index contributed by atoms with van der Waals surface area (Å²) in [5, 5.41) is 5.21. The molecule has 0 amide bonds. The van der Waals surface area contributed by atoms with Gasteiger partial charge in [-0.05, 0) is 62.6 Å². The Morgan fingerprint density at radius 1 is 1.02 bits per heavy atom. The summed E-state index contributed by atoms with van der Waals surface area (Å²) in [4.78, 5) is 19.2. The molecule has 4 aromatic rings. The molecule has 2 aromatic carbocycles. The number of piperazine rings is 1. The van der Waals surface area contributed by atoms with Gasteiger partial charge in [0, 0.05) is 66.3 Å². The number of nitrogens with zero attached hydrogens (tertiary/aromatic N) is 5. The van der Waals surface area contributed by atoms with Crippen molar-refractivity contribution >= 4 is 27.5 Å². The summed E-state index contributed by atoms with van der Waals surface area (Å²) in [6, 6.07) is 8.38. The number of ether oxygens (including phenoxy) is 1. The number of likely N-dealkylation sites (tertiary alicyclic amines) is 1. The lowest BCUT2D eigenvalue weighted by Crippen LogP contribution is -2.58. The third-order valence-corrected chi connectivity index (χ3v) is 12.5. The molecule has 3 aliphatic heterocycles. The molecule has 4 fully saturated rings. The summed E-state index contributed by atoms with van der Waals surface area (Å²) in [5.41, 5.74) is 0.288. The summed E-state index contributed by atoms with van der Waals surface area (Å²) in [6.07, 6.45) is 15.5. The van der Waals surface area contributed by atoms with Crippen LogP contribution in [-0.4, -0.2) is 77.2 Å². The van der Waals surface area contributed by atoms with Crippen LogP contribution in [-0.2, 0) is 6.42 Å². The molecule has 2 aromatic heterocycles. The van der Waals surface area contributed by atoms with E-state index in [0.717, 1.165) is 19.4 Å². The average Bonchev–Trinajstić information content (AvgIpc) is 4.03. The van der Waals surface area contributed by atoms with E-state index < -0.39 is 23.0 Å². The maximum absolute atomic E-state index is 17.2. The van der Waals surface area contributed by atoms with E-state index in [2.05, 4.69) is 33.9 Å². The first-order valence-corrected chi connectivity index (χ1v) is 18.3. The van der Waals surface area contributed by atoms with Crippen LogP contribution in [0.4, 0.5) is 23.4 Å². The van der Waals surface area contributed by atoms with Crippen molar-refractivity contribution in [3.8, 4) is 42.0 Å². The molecule has 5 heterocycles. The van der Waals surface area contributed by atoms with Crippen LogP contribution in [0.5, 0.6) is 6.01 Å². The number of alkyl halides is 2. The number of halogens is 4. The minimum absolute atomic E-state index is 0.0118. The fourth-order valence-corrected chi connectivity index (χ4v) is 9.08. The smallest absolute Gasteiger partial charge is 0.319 e. The Kier molecular flexibility index (Phi) is 7.73. The molecular formula is C41H40F4N6O. The van der Waals surface area contributed by atoms with Crippen LogP contribution in [0.25, 0.3) is 32.9 Å². The number of fused-ring (bicyclic) bond motifs is 3. The first-order chi connectivity index (χ1) is 25.0. The van der Waals surface area contributed by atoms with Gasteiger partial charge in [0.1, 0.15) is 22.8 Å². The Morgan fingerprint density at radius 2 is 1.81 bits per heavy atom. The molecule has 5 aliphatic rings.